The first-order valence-electron chi connectivity index (χ1n) is 10.3. The number of amidine groups is 1. The molecule has 30 heavy (non-hydrogen) atoms. The summed E-state index contributed by atoms with van der Waals surface area (Å²) in [5, 5.41) is 10.3. The number of aliphatic imine (C=N–C) groups is 2. The van der Waals surface area contributed by atoms with Crippen LogP contribution in [0.25, 0.3) is 0 Å². The Balaban J connectivity index is 1.79. The molecule has 3 atom stereocenters. The Morgan fingerprint density at radius 3 is 2.63 bits per heavy atom. The molecule has 0 spiro atoms. The number of benzene rings is 1. The van der Waals surface area contributed by atoms with Crippen molar-refractivity contribution in [3.8, 4) is 11.5 Å². The Morgan fingerprint density at radius 1 is 1.10 bits per heavy atom. The third kappa shape index (κ3) is 3.60. The molecule has 0 bridgehead atoms. The summed E-state index contributed by atoms with van der Waals surface area (Å²) in [7, 11) is 4.82. The van der Waals surface area contributed by atoms with Gasteiger partial charge in [-0.3, -0.25) is 4.99 Å². The van der Waals surface area contributed by atoms with Crippen molar-refractivity contribution < 1.29 is 24.1 Å². The molecule has 1 aliphatic carbocycles. The van der Waals surface area contributed by atoms with Crippen LogP contribution in [0.15, 0.2) is 33.8 Å². The molecule has 2 aliphatic heterocycles. The molecule has 1 aromatic rings. The predicted molar refractivity (Wildman–Crippen MR) is 113 cm³/mol. The van der Waals surface area contributed by atoms with Gasteiger partial charge in [-0.05, 0) is 43.9 Å². The maximum absolute atomic E-state index is 10.3. The molecule has 8 heteroatoms. The highest BCUT2D eigenvalue weighted by Gasteiger charge is 2.38. The van der Waals surface area contributed by atoms with Gasteiger partial charge in [-0.25, -0.2) is 4.99 Å². The van der Waals surface area contributed by atoms with Crippen LogP contribution in [0.4, 0.5) is 0 Å². The first-order chi connectivity index (χ1) is 14.6. The van der Waals surface area contributed by atoms with Gasteiger partial charge in [-0.2, -0.15) is 0 Å². The zero-order chi connectivity index (χ0) is 21.3. The van der Waals surface area contributed by atoms with E-state index >= 15 is 0 Å². The SMILES string of the molecule is CCOc1cc2c(cc1OC)C(N1C=NC(OC)=C(OC)C1)=N[C@@H]1CC[C@@H](O)C[C@H]21. The fourth-order valence-electron chi connectivity index (χ4n) is 4.49. The molecule has 3 aliphatic rings. The number of aliphatic hydroxyl groups is 1. The van der Waals surface area contributed by atoms with Crippen molar-refractivity contribution in [2.24, 2.45) is 9.98 Å². The molecule has 8 nitrogen and oxygen atoms in total. The third-order valence-corrected chi connectivity index (χ3v) is 5.93. The predicted octanol–water partition coefficient (Wildman–Crippen LogP) is 2.66. The fourth-order valence-corrected chi connectivity index (χ4v) is 4.49. The number of ether oxygens (including phenoxy) is 4. The van der Waals surface area contributed by atoms with E-state index in [0.717, 1.165) is 29.8 Å². The van der Waals surface area contributed by atoms with Gasteiger partial charge in [-0.15, -0.1) is 0 Å². The highest BCUT2D eigenvalue weighted by molar-refractivity contribution is 6.07. The average molecular weight is 415 g/mol. The second-order valence-electron chi connectivity index (χ2n) is 7.63. The zero-order valence-electron chi connectivity index (χ0n) is 17.9. The second kappa shape index (κ2) is 8.55. The van der Waals surface area contributed by atoms with Crippen LogP contribution in [0.1, 0.15) is 43.2 Å². The number of fused-ring (bicyclic) bond motifs is 3. The van der Waals surface area contributed by atoms with Crippen molar-refractivity contribution >= 4 is 12.2 Å². The van der Waals surface area contributed by atoms with E-state index in [1.54, 1.807) is 27.7 Å². The Labute approximate surface area is 176 Å². The van der Waals surface area contributed by atoms with Crippen molar-refractivity contribution in [2.45, 2.75) is 44.2 Å². The van der Waals surface area contributed by atoms with Crippen LogP contribution in [0.5, 0.6) is 11.5 Å². The summed E-state index contributed by atoms with van der Waals surface area (Å²) in [6, 6.07) is 4.13. The van der Waals surface area contributed by atoms with E-state index in [2.05, 4.69) is 11.1 Å². The summed E-state index contributed by atoms with van der Waals surface area (Å²) in [6.45, 7) is 2.97. The molecule has 0 unspecified atom stereocenters. The molecule has 1 saturated carbocycles. The number of nitrogens with zero attached hydrogens (tertiary/aromatic N) is 3. The molecule has 1 N–H and O–H groups in total. The van der Waals surface area contributed by atoms with Crippen molar-refractivity contribution in [3.63, 3.8) is 0 Å². The maximum atomic E-state index is 10.3. The van der Waals surface area contributed by atoms with Crippen LogP contribution in [0.2, 0.25) is 0 Å². The molecule has 2 heterocycles. The van der Waals surface area contributed by atoms with E-state index in [-0.39, 0.29) is 18.1 Å². The minimum atomic E-state index is -0.308. The van der Waals surface area contributed by atoms with Crippen molar-refractivity contribution in [1.29, 1.82) is 0 Å². The Morgan fingerprint density at radius 2 is 1.93 bits per heavy atom. The van der Waals surface area contributed by atoms with Crippen LogP contribution in [0.3, 0.4) is 0 Å². The van der Waals surface area contributed by atoms with Gasteiger partial charge in [0, 0.05) is 11.5 Å². The largest absolute Gasteiger partial charge is 0.494 e. The third-order valence-electron chi connectivity index (χ3n) is 5.93. The van der Waals surface area contributed by atoms with Crippen molar-refractivity contribution in [1.82, 2.24) is 4.90 Å². The van der Waals surface area contributed by atoms with Crippen LogP contribution in [-0.4, -0.2) is 68.8 Å². The van der Waals surface area contributed by atoms with Gasteiger partial charge in [0.25, 0.3) is 5.88 Å². The first-order valence-corrected chi connectivity index (χ1v) is 10.3. The molecular weight excluding hydrogens is 386 g/mol. The molecule has 0 amide bonds. The standard InChI is InChI=1S/C22H29N3O5/c1-5-30-19-9-14-15-8-13(26)6-7-17(15)24-21(16(14)10-18(19)27-2)25-11-20(28-3)22(29-4)23-12-25/h9-10,12-13,15,17,26H,5-8,11H2,1-4H3/t13-,15-,17-/m1/s1. The van der Waals surface area contributed by atoms with Gasteiger partial charge in [0.15, 0.2) is 17.3 Å². The monoisotopic (exact) mass is 415 g/mol. The zero-order valence-corrected chi connectivity index (χ0v) is 17.9. The average Bonchev–Trinajstić information content (AvgIpc) is 2.78. The lowest BCUT2D eigenvalue weighted by molar-refractivity contribution is 0.110. The number of hydrogen-bond acceptors (Lipinski definition) is 8. The lowest BCUT2D eigenvalue weighted by Gasteiger charge is -2.39. The molecule has 162 valence electrons. The van der Waals surface area contributed by atoms with Crippen LogP contribution >= 0.6 is 0 Å². The molecule has 0 radical (unpaired) electrons. The van der Waals surface area contributed by atoms with E-state index in [1.807, 2.05) is 17.9 Å². The lowest BCUT2D eigenvalue weighted by atomic mass is 9.75. The van der Waals surface area contributed by atoms with E-state index in [0.29, 0.717) is 42.7 Å². The summed E-state index contributed by atoms with van der Waals surface area (Å²) in [5.74, 6) is 3.44. The fraction of sp³-hybridized carbons (Fsp3) is 0.545. The molecule has 0 aromatic heterocycles. The first kappa shape index (κ1) is 20.5. The van der Waals surface area contributed by atoms with E-state index in [9.17, 15) is 5.11 Å². The Bertz CT molecular complexity index is 895. The number of hydrogen-bond donors (Lipinski definition) is 1. The van der Waals surface area contributed by atoms with E-state index < -0.39 is 0 Å². The smallest absolute Gasteiger partial charge is 0.255 e. The maximum Gasteiger partial charge on any atom is 0.255 e. The van der Waals surface area contributed by atoms with Crippen LogP contribution in [0, 0.1) is 0 Å². The summed E-state index contributed by atoms with van der Waals surface area (Å²) >= 11 is 0. The van der Waals surface area contributed by atoms with Gasteiger partial charge in [0.1, 0.15) is 12.2 Å². The Kier molecular flexibility index (Phi) is 5.85. The van der Waals surface area contributed by atoms with Gasteiger partial charge >= 0.3 is 0 Å². The van der Waals surface area contributed by atoms with Crippen LogP contribution < -0.4 is 9.47 Å². The lowest BCUT2D eigenvalue weighted by Crippen LogP contribution is -2.42. The minimum absolute atomic E-state index is 0.103. The second-order valence-corrected chi connectivity index (χ2v) is 7.63. The summed E-state index contributed by atoms with van der Waals surface area (Å²) in [4.78, 5) is 11.5. The molecule has 1 fully saturated rings. The minimum Gasteiger partial charge on any atom is -0.494 e. The number of aliphatic hydroxyl groups excluding tert-OH is 1. The molecular formula is C22H29N3O5. The van der Waals surface area contributed by atoms with E-state index in [4.69, 9.17) is 23.9 Å². The highest BCUT2D eigenvalue weighted by atomic mass is 16.5. The summed E-state index contributed by atoms with van der Waals surface area (Å²) in [6.07, 6.45) is 3.71. The molecule has 0 saturated heterocycles. The topological polar surface area (TPSA) is 85.1 Å². The van der Waals surface area contributed by atoms with Crippen molar-refractivity contribution in [3.05, 3.63) is 34.9 Å². The van der Waals surface area contributed by atoms with Gasteiger partial charge in [0.05, 0.1) is 46.6 Å². The number of methoxy groups -OCH3 is 3. The summed E-state index contributed by atoms with van der Waals surface area (Å²) < 4.78 is 22.2. The van der Waals surface area contributed by atoms with Gasteiger partial charge in [0.2, 0.25) is 0 Å². The van der Waals surface area contributed by atoms with Gasteiger partial charge < -0.3 is 29.0 Å². The van der Waals surface area contributed by atoms with Crippen molar-refractivity contribution in [2.75, 3.05) is 34.5 Å². The van der Waals surface area contributed by atoms with Crippen LogP contribution in [-0.2, 0) is 9.47 Å². The van der Waals surface area contributed by atoms with Gasteiger partial charge in [-0.1, -0.05) is 0 Å². The number of rotatable bonds is 5. The normalized spacial score (nSPS) is 25.3. The highest BCUT2D eigenvalue weighted by Crippen LogP contribution is 2.44. The Hall–Kier alpha value is -2.74. The van der Waals surface area contributed by atoms with E-state index in [1.165, 1.54) is 0 Å². The molecule has 1 aromatic carbocycles. The molecule has 4 rings (SSSR count). The quantitative estimate of drug-likeness (QED) is 0.796. The summed E-state index contributed by atoms with van der Waals surface area (Å²) in [5.41, 5.74) is 2.09.